The molecule has 1 N–H and O–H groups in total. The summed E-state index contributed by atoms with van der Waals surface area (Å²) in [6.45, 7) is 4.24. The van der Waals surface area contributed by atoms with Gasteiger partial charge in [-0.3, -0.25) is 4.99 Å². The number of ether oxygens (including phenoxy) is 1. The number of aliphatic imine (C=N–C) groups is 1. The van der Waals surface area contributed by atoms with Crippen LogP contribution in [0.4, 0.5) is 0 Å². The monoisotopic (exact) mass is 472 g/mol. The Morgan fingerprint density at radius 1 is 0.935 bits per heavy atom. The minimum Gasteiger partial charge on any atom is -0.480 e. The topological polar surface area (TPSA) is 59.4 Å². The quantitative estimate of drug-likeness (QED) is 0.381. The molecule has 0 saturated carbocycles. The maximum absolute atomic E-state index is 6.16. The van der Waals surface area contributed by atoms with Gasteiger partial charge < -0.3 is 10.1 Å². The highest BCUT2D eigenvalue weighted by atomic mass is 35.5. The lowest BCUT2D eigenvalue weighted by atomic mass is 9.72. The molecule has 4 rings (SSSR count). The van der Waals surface area contributed by atoms with E-state index in [0.717, 1.165) is 11.1 Å². The first-order valence-electron chi connectivity index (χ1n) is 9.66. The van der Waals surface area contributed by atoms with Crippen LogP contribution in [0.3, 0.4) is 0 Å². The van der Waals surface area contributed by atoms with Gasteiger partial charge in [0.05, 0.1) is 18.2 Å². The molecule has 0 spiro atoms. The summed E-state index contributed by atoms with van der Waals surface area (Å²) in [5.41, 5.74) is 1.55. The third-order valence-corrected chi connectivity index (χ3v) is 6.93. The molecule has 0 aliphatic carbocycles. The predicted octanol–water partition coefficient (Wildman–Crippen LogP) is 5.69. The van der Waals surface area contributed by atoms with Crippen LogP contribution in [0.25, 0.3) is 0 Å². The van der Waals surface area contributed by atoms with E-state index in [1.165, 1.54) is 11.8 Å². The summed E-state index contributed by atoms with van der Waals surface area (Å²) in [6.07, 6.45) is 3.67. The minimum atomic E-state index is -0.649. The fourth-order valence-corrected chi connectivity index (χ4v) is 4.47. The van der Waals surface area contributed by atoms with Gasteiger partial charge in [-0.25, -0.2) is 4.98 Å². The number of thioether (sulfide) groups is 1. The fourth-order valence-electron chi connectivity index (χ4n) is 3.88. The van der Waals surface area contributed by atoms with E-state index in [1.807, 2.05) is 54.8 Å². The van der Waals surface area contributed by atoms with E-state index in [1.54, 1.807) is 13.3 Å². The number of hydrogen-bond donors (Lipinski definition) is 1. The van der Waals surface area contributed by atoms with Gasteiger partial charge in [0.25, 0.3) is 0 Å². The van der Waals surface area contributed by atoms with Crippen molar-refractivity contribution in [2.75, 3.05) is 13.4 Å². The lowest BCUT2D eigenvalue weighted by Crippen LogP contribution is -2.50. The van der Waals surface area contributed by atoms with E-state index in [9.17, 15) is 0 Å². The van der Waals surface area contributed by atoms with Crippen molar-refractivity contribution >= 4 is 40.8 Å². The van der Waals surface area contributed by atoms with Crippen molar-refractivity contribution in [1.82, 2.24) is 15.3 Å². The van der Waals surface area contributed by atoms with Crippen molar-refractivity contribution in [3.8, 4) is 5.88 Å². The molecule has 160 valence electrons. The second kappa shape index (κ2) is 8.34. The Morgan fingerprint density at radius 2 is 1.52 bits per heavy atom. The molecule has 2 aromatic carbocycles. The zero-order valence-corrected chi connectivity index (χ0v) is 19.9. The lowest BCUT2D eigenvalue weighted by molar-refractivity contribution is 0.268. The number of aromatic nitrogens is 2. The molecule has 31 heavy (non-hydrogen) atoms. The SMILES string of the molecule is COc1nc(SC)ncc1C1=N[C@@](C)(c2ccc(Cl)cc2)[C@](C)(c2ccc(Cl)cc2)N1. The number of benzene rings is 2. The van der Waals surface area contributed by atoms with E-state index in [0.29, 0.717) is 32.5 Å². The number of nitrogens with zero attached hydrogens (tertiary/aromatic N) is 3. The molecule has 0 amide bonds. The fraction of sp³-hybridized carbons (Fsp3) is 0.261. The number of hydrogen-bond acceptors (Lipinski definition) is 6. The molecule has 3 aromatic rings. The molecule has 1 aliphatic heterocycles. The second-order valence-electron chi connectivity index (χ2n) is 7.58. The summed E-state index contributed by atoms with van der Waals surface area (Å²) in [6, 6.07) is 15.6. The van der Waals surface area contributed by atoms with Crippen LogP contribution in [0.15, 0.2) is 64.9 Å². The molecule has 2 heterocycles. The van der Waals surface area contributed by atoms with Crippen LogP contribution >= 0.6 is 35.0 Å². The van der Waals surface area contributed by atoms with Crippen LogP contribution in [0.2, 0.25) is 10.0 Å². The van der Waals surface area contributed by atoms with E-state index in [4.69, 9.17) is 32.9 Å². The van der Waals surface area contributed by atoms with Crippen molar-refractivity contribution in [1.29, 1.82) is 0 Å². The largest absolute Gasteiger partial charge is 0.480 e. The molecule has 1 aromatic heterocycles. The number of halogens is 2. The molecular formula is C23H22Cl2N4OS. The zero-order chi connectivity index (χ0) is 22.2. The number of methoxy groups -OCH3 is 1. The Kier molecular flexibility index (Phi) is 5.90. The zero-order valence-electron chi connectivity index (χ0n) is 17.6. The molecule has 0 fully saturated rings. The van der Waals surface area contributed by atoms with Gasteiger partial charge in [-0.15, -0.1) is 0 Å². The molecule has 1 aliphatic rings. The van der Waals surface area contributed by atoms with Crippen LogP contribution in [0.5, 0.6) is 5.88 Å². The smallest absolute Gasteiger partial charge is 0.228 e. The highest BCUT2D eigenvalue weighted by Gasteiger charge is 2.52. The number of rotatable bonds is 5. The first-order chi connectivity index (χ1) is 14.8. The van der Waals surface area contributed by atoms with E-state index in [-0.39, 0.29) is 0 Å². The van der Waals surface area contributed by atoms with E-state index < -0.39 is 11.1 Å². The predicted molar refractivity (Wildman–Crippen MR) is 128 cm³/mol. The summed E-state index contributed by atoms with van der Waals surface area (Å²) in [5.74, 6) is 1.14. The summed E-state index contributed by atoms with van der Waals surface area (Å²) in [5, 5.41) is 5.64. The third-order valence-electron chi connectivity index (χ3n) is 5.87. The Balaban J connectivity index is 1.90. The molecule has 2 atom stereocenters. The first-order valence-corrected chi connectivity index (χ1v) is 11.6. The van der Waals surface area contributed by atoms with Gasteiger partial charge >= 0.3 is 0 Å². The maximum atomic E-state index is 6.16. The Bertz CT molecular complexity index is 1140. The third kappa shape index (κ3) is 3.77. The normalized spacial score (nSPS) is 22.7. The van der Waals surface area contributed by atoms with Crippen LogP contribution in [0.1, 0.15) is 30.5 Å². The van der Waals surface area contributed by atoms with Gasteiger partial charge in [0.1, 0.15) is 11.4 Å². The summed E-state index contributed by atoms with van der Waals surface area (Å²) < 4.78 is 5.56. The average molecular weight is 473 g/mol. The van der Waals surface area contributed by atoms with Crippen molar-refractivity contribution in [3.63, 3.8) is 0 Å². The van der Waals surface area contributed by atoms with Gasteiger partial charge in [0.2, 0.25) is 5.88 Å². The van der Waals surface area contributed by atoms with Crippen molar-refractivity contribution < 1.29 is 4.74 Å². The highest BCUT2D eigenvalue weighted by Crippen LogP contribution is 2.48. The molecular weight excluding hydrogens is 451 g/mol. The summed E-state index contributed by atoms with van der Waals surface area (Å²) in [4.78, 5) is 14.1. The minimum absolute atomic E-state index is 0.476. The summed E-state index contributed by atoms with van der Waals surface area (Å²) in [7, 11) is 1.60. The van der Waals surface area contributed by atoms with Gasteiger partial charge in [0.15, 0.2) is 5.16 Å². The van der Waals surface area contributed by atoms with E-state index in [2.05, 4.69) is 29.1 Å². The average Bonchev–Trinajstić information content (AvgIpc) is 3.06. The van der Waals surface area contributed by atoms with Gasteiger partial charge in [-0.1, -0.05) is 59.2 Å². The van der Waals surface area contributed by atoms with E-state index >= 15 is 0 Å². The van der Waals surface area contributed by atoms with Crippen LogP contribution < -0.4 is 10.1 Å². The number of nitrogens with one attached hydrogen (secondary N) is 1. The second-order valence-corrected chi connectivity index (χ2v) is 9.22. The lowest BCUT2D eigenvalue weighted by Gasteiger charge is -2.40. The van der Waals surface area contributed by atoms with Crippen molar-refractivity contribution in [3.05, 3.63) is 81.5 Å². The van der Waals surface area contributed by atoms with Gasteiger partial charge in [-0.05, 0) is 55.5 Å². The van der Waals surface area contributed by atoms with Gasteiger partial charge in [-0.2, -0.15) is 4.98 Å². The van der Waals surface area contributed by atoms with Crippen molar-refractivity contribution in [2.45, 2.75) is 30.1 Å². The molecule has 0 unspecified atom stereocenters. The summed E-state index contributed by atoms with van der Waals surface area (Å²) >= 11 is 13.8. The molecule has 5 nitrogen and oxygen atoms in total. The molecule has 0 bridgehead atoms. The maximum Gasteiger partial charge on any atom is 0.228 e. The molecule has 8 heteroatoms. The van der Waals surface area contributed by atoms with Crippen LogP contribution in [0, 0.1) is 0 Å². The Morgan fingerprint density at radius 3 is 2.06 bits per heavy atom. The van der Waals surface area contributed by atoms with Gasteiger partial charge in [0, 0.05) is 16.2 Å². The highest BCUT2D eigenvalue weighted by molar-refractivity contribution is 7.98. The van der Waals surface area contributed by atoms with Crippen LogP contribution in [-0.4, -0.2) is 29.2 Å². The Labute approximate surface area is 196 Å². The first kappa shape index (κ1) is 21.9. The molecule has 0 radical (unpaired) electrons. The van der Waals surface area contributed by atoms with Crippen LogP contribution in [-0.2, 0) is 11.1 Å². The number of amidine groups is 1. The molecule has 0 saturated heterocycles. The standard InChI is InChI=1S/C23H22Cl2N4OS/c1-22(14-5-9-16(24)10-6-14)23(2,15-7-11-17(25)12-8-15)29-19(28-22)18-13-26-21(31-4)27-20(18)30-3/h5-13H,1-4H3,(H,28,29)/t22-,23-/m0/s1. The Hall–Kier alpha value is -2.28. The van der Waals surface area contributed by atoms with Crippen molar-refractivity contribution in [2.24, 2.45) is 4.99 Å².